The highest BCUT2D eigenvalue weighted by Crippen LogP contribution is 2.33. The molecule has 0 aromatic carbocycles. The van der Waals surface area contributed by atoms with E-state index in [0.29, 0.717) is 25.3 Å². The van der Waals surface area contributed by atoms with Gasteiger partial charge < -0.3 is 14.4 Å². The smallest absolute Gasteiger partial charge is 0.254 e. The third kappa shape index (κ3) is 3.41. The first-order valence-electron chi connectivity index (χ1n) is 8.66. The molecule has 0 bridgehead atoms. The summed E-state index contributed by atoms with van der Waals surface area (Å²) in [5, 5.41) is 0. The average Bonchev–Trinajstić information content (AvgIpc) is 3.10. The minimum Gasteiger partial charge on any atom is -0.372 e. The summed E-state index contributed by atoms with van der Waals surface area (Å²) in [6.07, 6.45) is 8.62. The maximum Gasteiger partial charge on any atom is 0.254 e. The standard InChI is InChI=1S/C19H21N3O3/c23-19(15-5-8-20-9-6-15)22-10-11-24-18-16(22)3-4-17(18)25-13-14-2-1-7-21-12-14/h1-2,5-9,12,16-18H,3-4,10-11,13H2/t16-,17-,18+/m0/s1. The number of morpholine rings is 1. The van der Waals surface area contributed by atoms with Crippen LogP contribution in [0.25, 0.3) is 0 Å². The molecule has 0 radical (unpaired) electrons. The van der Waals surface area contributed by atoms with Crippen molar-refractivity contribution in [1.82, 2.24) is 14.9 Å². The van der Waals surface area contributed by atoms with Gasteiger partial charge in [-0.25, -0.2) is 0 Å². The summed E-state index contributed by atoms with van der Waals surface area (Å²) in [5.74, 6) is 0.0496. The molecule has 3 atom stereocenters. The van der Waals surface area contributed by atoms with E-state index in [1.165, 1.54) is 0 Å². The van der Waals surface area contributed by atoms with Crippen molar-refractivity contribution < 1.29 is 14.3 Å². The van der Waals surface area contributed by atoms with Crippen LogP contribution >= 0.6 is 0 Å². The zero-order chi connectivity index (χ0) is 17.1. The molecule has 1 amide bonds. The summed E-state index contributed by atoms with van der Waals surface area (Å²) in [6.45, 7) is 1.69. The van der Waals surface area contributed by atoms with Crippen LogP contribution in [0.4, 0.5) is 0 Å². The molecule has 6 heteroatoms. The summed E-state index contributed by atoms with van der Waals surface area (Å²) in [5.41, 5.74) is 1.72. The molecule has 2 aromatic heterocycles. The second-order valence-corrected chi connectivity index (χ2v) is 6.43. The van der Waals surface area contributed by atoms with Gasteiger partial charge in [0.2, 0.25) is 0 Å². The van der Waals surface area contributed by atoms with E-state index in [2.05, 4.69) is 9.97 Å². The van der Waals surface area contributed by atoms with Gasteiger partial charge in [0.15, 0.2) is 0 Å². The predicted molar refractivity (Wildman–Crippen MR) is 90.8 cm³/mol. The second kappa shape index (κ2) is 7.29. The van der Waals surface area contributed by atoms with E-state index >= 15 is 0 Å². The number of carbonyl (C=O) groups is 1. The highest BCUT2D eigenvalue weighted by molar-refractivity contribution is 5.94. The summed E-state index contributed by atoms with van der Waals surface area (Å²) >= 11 is 0. The number of amides is 1. The Morgan fingerprint density at radius 2 is 2.08 bits per heavy atom. The van der Waals surface area contributed by atoms with E-state index in [-0.39, 0.29) is 24.2 Å². The molecule has 3 heterocycles. The largest absolute Gasteiger partial charge is 0.372 e. The van der Waals surface area contributed by atoms with Crippen molar-refractivity contribution >= 4 is 5.91 Å². The summed E-state index contributed by atoms with van der Waals surface area (Å²) in [7, 11) is 0. The molecule has 2 aromatic rings. The monoisotopic (exact) mass is 339 g/mol. The fraction of sp³-hybridized carbons (Fsp3) is 0.421. The highest BCUT2D eigenvalue weighted by Gasteiger charge is 2.45. The molecule has 1 saturated carbocycles. The van der Waals surface area contributed by atoms with E-state index in [1.807, 2.05) is 23.2 Å². The molecular formula is C19H21N3O3. The lowest BCUT2D eigenvalue weighted by molar-refractivity contribution is -0.108. The molecule has 4 rings (SSSR count). The Labute approximate surface area is 146 Å². The molecule has 2 fully saturated rings. The van der Waals surface area contributed by atoms with Gasteiger partial charge >= 0.3 is 0 Å². The lowest BCUT2D eigenvalue weighted by atomic mass is 10.1. The third-order valence-electron chi connectivity index (χ3n) is 4.91. The maximum absolute atomic E-state index is 12.8. The minimum absolute atomic E-state index is 0.0123. The molecule has 130 valence electrons. The molecule has 1 saturated heterocycles. The van der Waals surface area contributed by atoms with Crippen LogP contribution in [0.5, 0.6) is 0 Å². The van der Waals surface area contributed by atoms with Gasteiger partial charge in [0.05, 0.1) is 25.4 Å². The maximum atomic E-state index is 12.8. The lowest BCUT2D eigenvalue weighted by Crippen LogP contribution is -2.53. The number of hydrogen-bond donors (Lipinski definition) is 0. The van der Waals surface area contributed by atoms with Gasteiger partial charge in [-0.05, 0) is 36.6 Å². The Morgan fingerprint density at radius 3 is 2.88 bits per heavy atom. The van der Waals surface area contributed by atoms with Crippen LogP contribution in [-0.2, 0) is 16.1 Å². The number of ether oxygens (including phenoxy) is 2. The first-order valence-corrected chi connectivity index (χ1v) is 8.66. The van der Waals surface area contributed by atoms with E-state index in [9.17, 15) is 4.79 Å². The van der Waals surface area contributed by atoms with Gasteiger partial charge in [-0.3, -0.25) is 14.8 Å². The Hall–Kier alpha value is -2.31. The molecule has 25 heavy (non-hydrogen) atoms. The number of hydrogen-bond acceptors (Lipinski definition) is 5. The Kier molecular flexibility index (Phi) is 4.72. The van der Waals surface area contributed by atoms with Crippen molar-refractivity contribution in [2.24, 2.45) is 0 Å². The summed E-state index contributed by atoms with van der Waals surface area (Å²) in [6, 6.07) is 7.51. The number of rotatable bonds is 4. The average molecular weight is 339 g/mol. The van der Waals surface area contributed by atoms with Crippen molar-refractivity contribution in [3.63, 3.8) is 0 Å². The normalized spacial score (nSPS) is 25.6. The molecule has 2 aliphatic rings. The SMILES string of the molecule is O=C(c1ccncc1)N1CCO[C@H]2[C@@H](OCc3cccnc3)CC[C@@H]21. The molecule has 1 aliphatic carbocycles. The fourth-order valence-electron chi connectivity index (χ4n) is 3.69. The van der Waals surface area contributed by atoms with Crippen molar-refractivity contribution in [2.75, 3.05) is 13.2 Å². The van der Waals surface area contributed by atoms with Gasteiger partial charge in [0.1, 0.15) is 6.10 Å². The van der Waals surface area contributed by atoms with Crippen molar-refractivity contribution in [3.8, 4) is 0 Å². The third-order valence-corrected chi connectivity index (χ3v) is 4.91. The molecule has 6 nitrogen and oxygen atoms in total. The second-order valence-electron chi connectivity index (χ2n) is 6.43. The van der Waals surface area contributed by atoms with Gasteiger partial charge in [-0.2, -0.15) is 0 Å². The highest BCUT2D eigenvalue weighted by atomic mass is 16.5. The Balaban J connectivity index is 1.42. The topological polar surface area (TPSA) is 64.6 Å². The summed E-state index contributed by atoms with van der Waals surface area (Å²) < 4.78 is 12.1. The molecule has 0 spiro atoms. The van der Waals surface area contributed by atoms with Crippen LogP contribution in [0.15, 0.2) is 49.1 Å². The number of carbonyl (C=O) groups excluding carboxylic acids is 1. The number of fused-ring (bicyclic) bond motifs is 1. The number of aromatic nitrogens is 2. The first-order chi connectivity index (χ1) is 12.3. The predicted octanol–water partition coefficient (Wildman–Crippen LogP) is 2.07. The quantitative estimate of drug-likeness (QED) is 0.853. The van der Waals surface area contributed by atoms with E-state index in [1.54, 1.807) is 30.7 Å². The van der Waals surface area contributed by atoms with Crippen molar-refractivity contribution in [1.29, 1.82) is 0 Å². The van der Waals surface area contributed by atoms with E-state index in [0.717, 1.165) is 18.4 Å². The number of nitrogens with zero attached hydrogens (tertiary/aromatic N) is 3. The van der Waals surface area contributed by atoms with Crippen LogP contribution in [0, 0.1) is 0 Å². The van der Waals surface area contributed by atoms with Gasteiger partial charge in [0, 0.05) is 36.9 Å². The van der Waals surface area contributed by atoms with Gasteiger partial charge in [0.25, 0.3) is 5.91 Å². The van der Waals surface area contributed by atoms with Crippen LogP contribution in [0.1, 0.15) is 28.8 Å². The Morgan fingerprint density at radius 1 is 1.20 bits per heavy atom. The molecule has 1 aliphatic heterocycles. The zero-order valence-corrected chi connectivity index (χ0v) is 14.0. The fourth-order valence-corrected chi connectivity index (χ4v) is 3.69. The zero-order valence-electron chi connectivity index (χ0n) is 14.0. The minimum atomic E-state index is -0.0591. The molecule has 0 N–H and O–H groups in total. The van der Waals surface area contributed by atoms with Crippen LogP contribution in [0.3, 0.4) is 0 Å². The number of pyridine rings is 2. The Bertz CT molecular complexity index is 710. The lowest BCUT2D eigenvalue weighted by Gasteiger charge is -2.39. The summed E-state index contributed by atoms with van der Waals surface area (Å²) in [4.78, 5) is 22.9. The van der Waals surface area contributed by atoms with Crippen molar-refractivity contribution in [2.45, 2.75) is 37.7 Å². The van der Waals surface area contributed by atoms with Crippen molar-refractivity contribution in [3.05, 3.63) is 60.2 Å². The van der Waals surface area contributed by atoms with E-state index < -0.39 is 0 Å². The van der Waals surface area contributed by atoms with Gasteiger partial charge in [-0.15, -0.1) is 0 Å². The van der Waals surface area contributed by atoms with Gasteiger partial charge in [-0.1, -0.05) is 6.07 Å². The van der Waals surface area contributed by atoms with Crippen LogP contribution < -0.4 is 0 Å². The molecular weight excluding hydrogens is 318 g/mol. The first kappa shape index (κ1) is 16.2. The van der Waals surface area contributed by atoms with E-state index in [4.69, 9.17) is 9.47 Å². The molecule has 0 unspecified atom stereocenters. The van der Waals surface area contributed by atoms with Crippen LogP contribution in [0.2, 0.25) is 0 Å². The van der Waals surface area contributed by atoms with Crippen LogP contribution in [-0.4, -0.2) is 52.2 Å².